The Balaban J connectivity index is 2.09. The molecule has 0 aliphatic heterocycles. The van der Waals surface area contributed by atoms with Crippen LogP contribution in [0.15, 0.2) is 53.7 Å². The van der Waals surface area contributed by atoms with Gasteiger partial charge >= 0.3 is 0 Å². The average molecular weight is 279 g/mol. The molecule has 0 radical (unpaired) electrons. The molecule has 2 aromatic rings. The number of benzene rings is 2. The van der Waals surface area contributed by atoms with Crippen molar-refractivity contribution in [3.63, 3.8) is 0 Å². The molecule has 0 unspecified atom stereocenters. The molecule has 0 fully saturated rings. The lowest BCUT2D eigenvalue weighted by molar-refractivity contribution is 0.102. The number of oxime groups is 1. The lowest BCUT2D eigenvalue weighted by Gasteiger charge is -2.05. The Kier molecular flexibility index (Phi) is 4.67. The predicted octanol–water partition coefficient (Wildman–Crippen LogP) is 2.79. The molecule has 0 saturated heterocycles. The van der Waals surface area contributed by atoms with Gasteiger partial charge in [-0.1, -0.05) is 23.4 Å². The van der Waals surface area contributed by atoms with Crippen LogP contribution in [0.3, 0.4) is 0 Å². The standard InChI is InChI=1S/C16H13N3O2/c1-21-18-11-12-5-7-14(8-6-12)16(20)19-15-4-2-3-13(9-15)10-17/h2-9,11H,1H3,(H,19,20)/b18-11+. The first-order valence-corrected chi connectivity index (χ1v) is 6.21. The number of hydrogen-bond donors (Lipinski definition) is 1. The largest absolute Gasteiger partial charge is 0.399 e. The third kappa shape index (κ3) is 3.91. The summed E-state index contributed by atoms with van der Waals surface area (Å²) in [6, 6.07) is 15.7. The van der Waals surface area contributed by atoms with Gasteiger partial charge in [0.15, 0.2) is 0 Å². The fourth-order valence-corrected chi connectivity index (χ4v) is 1.70. The van der Waals surface area contributed by atoms with Crippen molar-refractivity contribution in [2.45, 2.75) is 0 Å². The van der Waals surface area contributed by atoms with Crippen LogP contribution in [0, 0.1) is 11.3 Å². The second kappa shape index (κ2) is 6.87. The maximum atomic E-state index is 12.1. The first kappa shape index (κ1) is 14.3. The van der Waals surface area contributed by atoms with Gasteiger partial charge in [-0.3, -0.25) is 4.79 Å². The van der Waals surface area contributed by atoms with Gasteiger partial charge in [0.25, 0.3) is 5.91 Å². The lowest BCUT2D eigenvalue weighted by Crippen LogP contribution is -2.11. The van der Waals surface area contributed by atoms with E-state index < -0.39 is 0 Å². The minimum Gasteiger partial charge on any atom is -0.399 e. The molecule has 0 aliphatic carbocycles. The molecule has 0 saturated carbocycles. The second-order valence-corrected chi connectivity index (χ2v) is 4.19. The van der Waals surface area contributed by atoms with Crippen LogP contribution >= 0.6 is 0 Å². The van der Waals surface area contributed by atoms with Crippen molar-refractivity contribution in [1.29, 1.82) is 5.26 Å². The number of nitrogens with one attached hydrogen (secondary N) is 1. The van der Waals surface area contributed by atoms with E-state index in [4.69, 9.17) is 5.26 Å². The number of anilines is 1. The fourth-order valence-electron chi connectivity index (χ4n) is 1.70. The van der Waals surface area contributed by atoms with Gasteiger partial charge in [0.1, 0.15) is 7.11 Å². The van der Waals surface area contributed by atoms with Gasteiger partial charge in [-0.05, 0) is 35.9 Å². The Hall–Kier alpha value is -3.13. The minimum absolute atomic E-state index is 0.236. The van der Waals surface area contributed by atoms with Crippen LogP contribution in [0.4, 0.5) is 5.69 Å². The van der Waals surface area contributed by atoms with Crippen LogP contribution < -0.4 is 5.32 Å². The Labute approximate surface area is 122 Å². The molecule has 0 aliphatic rings. The Morgan fingerprint density at radius 2 is 2.05 bits per heavy atom. The summed E-state index contributed by atoms with van der Waals surface area (Å²) in [5.74, 6) is -0.236. The summed E-state index contributed by atoms with van der Waals surface area (Å²) in [5.41, 5.74) is 2.44. The smallest absolute Gasteiger partial charge is 0.255 e. The topological polar surface area (TPSA) is 74.5 Å². The quantitative estimate of drug-likeness (QED) is 0.690. The highest BCUT2D eigenvalue weighted by Crippen LogP contribution is 2.12. The summed E-state index contributed by atoms with van der Waals surface area (Å²) in [7, 11) is 1.47. The maximum Gasteiger partial charge on any atom is 0.255 e. The third-order valence-corrected chi connectivity index (χ3v) is 2.73. The molecule has 1 N–H and O–H groups in total. The van der Waals surface area contributed by atoms with E-state index in [2.05, 4.69) is 15.3 Å². The van der Waals surface area contributed by atoms with Crippen LogP contribution in [0.1, 0.15) is 21.5 Å². The molecule has 21 heavy (non-hydrogen) atoms. The van der Waals surface area contributed by atoms with Crippen LogP contribution in [-0.2, 0) is 4.84 Å². The van der Waals surface area contributed by atoms with Gasteiger partial charge in [-0.15, -0.1) is 0 Å². The number of carbonyl (C=O) groups is 1. The molecule has 0 spiro atoms. The Morgan fingerprint density at radius 3 is 2.71 bits per heavy atom. The van der Waals surface area contributed by atoms with E-state index >= 15 is 0 Å². The minimum atomic E-state index is -0.236. The van der Waals surface area contributed by atoms with Gasteiger partial charge in [-0.2, -0.15) is 5.26 Å². The summed E-state index contributed by atoms with van der Waals surface area (Å²) in [6.07, 6.45) is 1.55. The summed E-state index contributed by atoms with van der Waals surface area (Å²) in [4.78, 5) is 16.7. The molecule has 0 bridgehead atoms. The molecule has 5 nitrogen and oxygen atoms in total. The molecule has 0 heterocycles. The van der Waals surface area contributed by atoms with Crippen molar-refractivity contribution in [3.05, 3.63) is 65.2 Å². The van der Waals surface area contributed by atoms with Crippen LogP contribution in [-0.4, -0.2) is 19.2 Å². The lowest BCUT2D eigenvalue weighted by atomic mass is 10.1. The molecule has 104 valence electrons. The zero-order valence-corrected chi connectivity index (χ0v) is 11.4. The van der Waals surface area contributed by atoms with E-state index in [0.717, 1.165) is 5.56 Å². The van der Waals surface area contributed by atoms with Crippen molar-refractivity contribution in [1.82, 2.24) is 0 Å². The summed E-state index contributed by atoms with van der Waals surface area (Å²) < 4.78 is 0. The van der Waals surface area contributed by atoms with Gasteiger partial charge in [0.05, 0.1) is 17.8 Å². The van der Waals surface area contributed by atoms with Gasteiger partial charge in [0.2, 0.25) is 0 Å². The third-order valence-electron chi connectivity index (χ3n) is 2.73. The van der Waals surface area contributed by atoms with Gasteiger partial charge in [-0.25, -0.2) is 0 Å². The SMILES string of the molecule is CO/N=C/c1ccc(C(=O)Nc2cccc(C#N)c2)cc1. The van der Waals surface area contributed by atoms with Crippen LogP contribution in [0.25, 0.3) is 0 Å². The molecule has 0 atom stereocenters. The van der Waals surface area contributed by atoms with E-state index in [9.17, 15) is 4.79 Å². The van der Waals surface area contributed by atoms with E-state index in [0.29, 0.717) is 16.8 Å². The van der Waals surface area contributed by atoms with E-state index in [1.165, 1.54) is 7.11 Å². The van der Waals surface area contributed by atoms with E-state index in [1.54, 1.807) is 54.7 Å². The summed E-state index contributed by atoms with van der Waals surface area (Å²) in [5, 5.41) is 15.2. The second-order valence-electron chi connectivity index (χ2n) is 4.19. The van der Waals surface area contributed by atoms with Crippen molar-refractivity contribution >= 4 is 17.8 Å². The number of nitrogens with zero attached hydrogens (tertiary/aromatic N) is 2. The highest BCUT2D eigenvalue weighted by molar-refractivity contribution is 6.04. The normalized spacial score (nSPS) is 10.1. The summed E-state index contributed by atoms with van der Waals surface area (Å²) >= 11 is 0. The average Bonchev–Trinajstić information content (AvgIpc) is 2.53. The predicted molar refractivity (Wildman–Crippen MR) is 80.2 cm³/mol. The molecule has 2 rings (SSSR count). The molecule has 0 aromatic heterocycles. The molecular formula is C16H13N3O2. The molecule has 1 amide bonds. The van der Waals surface area contributed by atoms with Gasteiger partial charge in [0, 0.05) is 11.3 Å². The first-order chi connectivity index (χ1) is 10.2. The first-order valence-electron chi connectivity index (χ1n) is 6.21. The van der Waals surface area contributed by atoms with E-state index in [1.807, 2.05) is 6.07 Å². The van der Waals surface area contributed by atoms with Gasteiger partial charge < -0.3 is 10.2 Å². The number of rotatable bonds is 4. The molecular weight excluding hydrogens is 266 g/mol. The summed E-state index contributed by atoms with van der Waals surface area (Å²) in [6.45, 7) is 0. The highest BCUT2D eigenvalue weighted by Gasteiger charge is 2.06. The number of carbonyl (C=O) groups excluding carboxylic acids is 1. The monoisotopic (exact) mass is 279 g/mol. The van der Waals surface area contributed by atoms with E-state index in [-0.39, 0.29) is 5.91 Å². The van der Waals surface area contributed by atoms with Crippen molar-refractivity contribution in [2.75, 3.05) is 12.4 Å². The number of amides is 1. The zero-order valence-electron chi connectivity index (χ0n) is 11.4. The van der Waals surface area contributed by atoms with Crippen LogP contribution in [0.2, 0.25) is 0 Å². The van der Waals surface area contributed by atoms with Crippen molar-refractivity contribution in [3.8, 4) is 6.07 Å². The Bertz CT molecular complexity index is 700. The van der Waals surface area contributed by atoms with Crippen LogP contribution in [0.5, 0.6) is 0 Å². The molecule has 5 heteroatoms. The zero-order chi connectivity index (χ0) is 15.1. The molecule has 2 aromatic carbocycles. The Morgan fingerprint density at radius 1 is 1.29 bits per heavy atom. The highest BCUT2D eigenvalue weighted by atomic mass is 16.6. The number of hydrogen-bond acceptors (Lipinski definition) is 4. The van der Waals surface area contributed by atoms with Crippen molar-refractivity contribution < 1.29 is 9.63 Å². The van der Waals surface area contributed by atoms with Crippen molar-refractivity contribution in [2.24, 2.45) is 5.16 Å². The number of nitriles is 1. The maximum absolute atomic E-state index is 12.1. The fraction of sp³-hybridized carbons (Fsp3) is 0.0625.